The smallest absolute Gasteiger partial charge is 0.251 e. The van der Waals surface area contributed by atoms with Crippen LogP contribution in [0.3, 0.4) is 0 Å². The van der Waals surface area contributed by atoms with Crippen molar-refractivity contribution in [3.05, 3.63) is 29.3 Å². The fourth-order valence-corrected chi connectivity index (χ4v) is 5.27. The molecule has 3 aliphatic rings. The van der Waals surface area contributed by atoms with Crippen LogP contribution in [0.4, 0.5) is 0 Å². The largest absolute Gasteiger partial charge is 0.508 e. The summed E-state index contributed by atoms with van der Waals surface area (Å²) in [4.78, 5) is 27.9. The first-order valence-electron chi connectivity index (χ1n) is 12.1. The Morgan fingerprint density at radius 2 is 1.77 bits per heavy atom. The lowest BCUT2D eigenvalue weighted by Crippen LogP contribution is -2.46. The van der Waals surface area contributed by atoms with E-state index in [0.29, 0.717) is 30.1 Å². The number of likely N-dealkylation sites (tertiary alicyclic amines) is 1. The Kier molecular flexibility index (Phi) is 7.16. The van der Waals surface area contributed by atoms with E-state index in [1.807, 2.05) is 0 Å². The van der Waals surface area contributed by atoms with Crippen molar-refractivity contribution in [3.8, 4) is 5.75 Å². The third-order valence-electron chi connectivity index (χ3n) is 7.38. The van der Waals surface area contributed by atoms with Crippen LogP contribution in [0.5, 0.6) is 5.75 Å². The van der Waals surface area contributed by atoms with Crippen LogP contribution in [0, 0.1) is 12.8 Å². The second-order valence-corrected chi connectivity index (χ2v) is 9.79. The van der Waals surface area contributed by atoms with E-state index in [4.69, 9.17) is 0 Å². The topological polar surface area (TPSA) is 81.7 Å². The number of phenolic OH excluding ortho intramolecular Hbond substituents is 1. The second-order valence-electron chi connectivity index (χ2n) is 9.79. The SMILES string of the molecule is Cc1c(O)cccc1C(=O)NC[C@@H]1CC[C@H](CC(=O)NC2CCCCC2)N1CC1CC1. The Labute approximate surface area is 185 Å². The van der Waals surface area contributed by atoms with Crippen LogP contribution in [0.15, 0.2) is 18.2 Å². The Bertz CT molecular complexity index is 786. The number of benzene rings is 1. The Hall–Kier alpha value is -2.08. The van der Waals surface area contributed by atoms with E-state index in [9.17, 15) is 14.7 Å². The molecule has 1 saturated heterocycles. The van der Waals surface area contributed by atoms with Crippen LogP contribution in [-0.4, -0.2) is 53.0 Å². The highest BCUT2D eigenvalue weighted by atomic mass is 16.3. The number of carbonyl (C=O) groups excluding carboxylic acids is 2. The Morgan fingerprint density at radius 3 is 2.52 bits per heavy atom. The highest BCUT2D eigenvalue weighted by Crippen LogP contribution is 2.35. The molecule has 0 aromatic heterocycles. The summed E-state index contributed by atoms with van der Waals surface area (Å²) in [6.45, 7) is 3.38. The number of phenols is 1. The monoisotopic (exact) mass is 427 g/mol. The summed E-state index contributed by atoms with van der Waals surface area (Å²) in [6, 6.07) is 5.96. The Balaban J connectivity index is 1.32. The van der Waals surface area contributed by atoms with Gasteiger partial charge in [-0.15, -0.1) is 0 Å². The molecule has 0 radical (unpaired) electrons. The number of aromatic hydroxyl groups is 1. The molecule has 4 rings (SSSR count). The van der Waals surface area contributed by atoms with Gasteiger partial charge in [0.15, 0.2) is 0 Å². The molecule has 6 nitrogen and oxygen atoms in total. The average molecular weight is 428 g/mol. The van der Waals surface area contributed by atoms with Crippen LogP contribution < -0.4 is 10.6 Å². The van der Waals surface area contributed by atoms with Gasteiger partial charge in [-0.1, -0.05) is 25.3 Å². The van der Waals surface area contributed by atoms with Gasteiger partial charge in [-0.25, -0.2) is 0 Å². The highest BCUT2D eigenvalue weighted by Gasteiger charge is 2.38. The van der Waals surface area contributed by atoms with Crippen molar-refractivity contribution in [1.29, 1.82) is 0 Å². The first kappa shape index (κ1) is 22.1. The summed E-state index contributed by atoms with van der Waals surface area (Å²) in [7, 11) is 0. The molecular formula is C25H37N3O3. The molecule has 31 heavy (non-hydrogen) atoms. The number of hydrogen-bond donors (Lipinski definition) is 3. The van der Waals surface area contributed by atoms with Gasteiger partial charge >= 0.3 is 0 Å². The molecule has 170 valence electrons. The van der Waals surface area contributed by atoms with Crippen LogP contribution in [0.1, 0.15) is 80.1 Å². The van der Waals surface area contributed by atoms with Crippen molar-refractivity contribution in [1.82, 2.24) is 15.5 Å². The van der Waals surface area contributed by atoms with E-state index >= 15 is 0 Å². The number of rotatable bonds is 8. The summed E-state index contributed by atoms with van der Waals surface area (Å²) in [5.41, 5.74) is 1.13. The summed E-state index contributed by atoms with van der Waals surface area (Å²) in [5, 5.41) is 16.2. The molecule has 2 atom stereocenters. The molecule has 1 heterocycles. The molecule has 0 bridgehead atoms. The zero-order valence-electron chi connectivity index (χ0n) is 18.7. The maximum atomic E-state index is 12.7. The van der Waals surface area contributed by atoms with Gasteiger partial charge in [-0.3, -0.25) is 14.5 Å². The minimum absolute atomic E-state index is 0.140. The first-order valence-corrected chi connectivity index (χ1v) is 12.1. The number of nitrogens with one attached hydrogen (secondary N) is 2. The molecule has 2 aliphatic carbocycles. The molecule has 0 unspecified atom stereocenters. The molecule has 6 heteroatoms. The molecule has 2 saturated carbocycles. The molecule has 1 aromatic rings. The third kappa shape index (κ3) is 5.79. The number of hydrogen-bond acceptors (Lipinski definition) is 4. The summed E-state index contributed by atoms with van der Waals surface area (Å²) in [6.07, 6.45) is 11.1. The van der Waals surface area contributed by atoms with E-state index in [1.54, 1.807) is 25.1 Å². The highest BCUT2D eigenvalue weighted by molar-refractivity contribution is 5.96. The fourth-order valence-electron chi connectivity index (χ4n) is 5.27. The van der Waals surface area contributed by atoms with Crippen molar-refractivity contribution in [2.45, 2.75) is 89.3 Å². The minimum Gasteiger partial charge on any atom is -0.508 e. The summed E-state index contributed by atoms with van der Waals surface area (Å²) < 4.78 is 0. The van der Waals surface area contributed by atoms with Gasteiger partial charge in [-0.2, -0.15) is 0 Å². The number of amides is 2. The molecule has 0 spiro atoms. The minimum atomic E-state index is -0.140. The van der Waals surface area contributed by atoms with E-state index < -0.39 is 0 Å². The lowest BCUT2D eigenvalue weighted by molar-refractivity contribution is -0.123. The van der Waals surface area contributed by atoms with Crippen molar-refractivity contribution in [2.24, 2.45) is 5.92 Å². The quantitative estimate of drug-likeness (QED) is 0.593. The first-order chi connectivity index (χ1) is 15.0. The van der Waals surface area contributed by atoms with E-state index in [-0.39, 0.29) is 29.6 Å². The number of carbonyl (C=O) groups is 2. The van der Waals surface area contributed by atoms with Crippen molar-refractivity contribution in [2.75, 3.05) is 13.1 Å². The lowest BCUT2D eigenvalue weighted by Gasteiger charge is -2.31. The zero-order valence-corrected chi connectivity index (χ0v) is 18.7. The molecule has 3 N–H and O–H groups in total. The normalized spacial score (nSPS) is 24.8. The van der Waals surface area contributed by atoms with Crippen molar-refractivity contribution < 1.29 is 14.7 Å². The summed E-state index contributed by atoms with van der Waals surface area (Å²) >= 11 is 0. The predicted octanol–water partition coefficient (Wildman–Crippen LogP) is 3.51. The van der Waals surface area contributed by atoms with Gasteiger partial charge in [0.2, 0.25) is 5.91 Å². The molecule has 3 fully saturated rings. The standard InChI is InChI=1S/C25H37N3O3/c1-17-22(8-5-9-23(17)29)25(31)26-15-21-13-12-20(28(21)16-18-10-11-18)14-24(30)27-19-6-3-2-4-7-19/h5,8-9,18-21,29H,2-4,6-7,10-16H2,1H3,(H,26,31)(H,27,30)/t20-,21+/m1/s1. The van der Waals surface area contributed by atoms with Crippen molar-refractivity contribution >= 4 is 11.8 Å². The van der Waals surface area contributed by atoms with Gasteiger partial charge in [0, 0.05) is 48.8 Å². The molecular weight excluding hydrogens is 390 g/mol. The van der Waals surface area contributed by atoms with Crippen LogP contribution >= 0.6 is 0 Å². The molecule has 1 aromatic carbocycles. The van der Waals surface area contributed by atoms with E-state index in [1.165, 1.54) is 32.1 Å². The van der Waals surface area contributed by atoms with Crippen LogP contribution in [-0.2, 0) is 4.79 Å². The third-order valence-corrected chi connectivity index (χ3v) is 7.38. The maximum Gasteiger partial charge on any atom is 0.251 e. The fraction of sp³-hybridized carbons (Fsp3) is 0.680. The number of nitrogens with zero attached hydrogens (tertiary/aromatic N) is 1. The van der Waals surface area contributed by atoms with Gasteiger partial charge in [0.1, 0.15) is 5.75 Å². The lowest BCUT2D eigenvalue weighted by atomic mass is 9.95. The zero-order chi connectivity index (χ0) is 21.8. The summed E-state index contributed by atoms with van der Waals surface area (Å²) in [5.74, 6) is 0.942. The van der Waals surface area contributed by atoms with Gasteiger partial charge in [0.25, 0.3) is 5.91 Å². The molecule has 2 amide bonds. The average Bonchev–Trinajstić information content (AvgIpc) is 3.51. The van der Waals surface area contributed by atoms with E-state index in [0.717, 1.165) is 38.1 Å². The van der Waals surface area contributed by atoms with Gasteiger partial charge in [-0.05, 0) is 63.5 Å². The Morgan fingerprint density at radius 1 is 1.03 bits per heavy atom. The predicted molar refractivity (Wildman–Crippen MR) is 121 cm³/mol. The second kappa shape index (κ2) is 10.0. The molecule has 1 aliphatic heterocycles. The van der Waals surface area contributed by atoms with Crippen LogP contribution in [0.2, 0.25) is 0 Å². The van der Waals surface area contributed by atoms with Crippen LogP contribution in [0.25, 0.3) is 0 Å². The maximum absolute atomic E-state index is 12.7. The van der Waals surface area contributed by atoms with Crippen molar-refractivity contribution in [3.63, 3.8) is 0 Å². The van der Waals surface area contributed by atoms with E-state index in [2.05, 4.69) is 15.5 Å². The van der Waals surface area contributed by atoms with Gasteiger partial charge < -0.3 is 15.7 Å². The van der Waals surface area contributed by atoms with Gasteiger partial charge in [0.05, 0.1) is 0 Å².